The number of halogens is 3. The van der Waals surface area contributed by atoms with E-state index >= 15 is 0 Å². The van der Waals surface area contributed by atoms with E-state index < -0.39 is 38.2 Å². The Kier molecular flexibility index (Phi) is 5.84. The molecule has 0 amide bonds. The zero-order chi connectivity index (χ0) is 23.8. The van der Waals surface area contributed by atoms with Crippen LogP contribution in [-0.2, 0) is 16.2 Å². The highest BCUT2D eigenvalue weighted by atomic mass is 32.2. The quantitative estimate of drug-likeness (QED) is 0.524. The van der Waals surface area contributed by atoms with Gasteiger partial charge in [0, 0.05) is 13.1 Å². The molecule has 0 saturated carbocycles. The van der Waals surface area contributed by atoms with E-state index in [9.17, 15) is 26.7 Å². The Morgan fingerprint density at radius 2 is 1.70 bits per heavy atom. The lowest BCUT2D eigenvalue weighted by molar-refractivity contribution is -0.137. The van der Waals surface area contributed by atoms with Crippen LogP contribution in [0.25, 0.3) is 5.69 Å². The van der Waals surface area contributed by atoms with Crippen LogP contribution in [0.3, 0.4) is 0 Å². The fraction of sp³-hybridized carbons (Fsp3) is 0.250. The van der Waals surface area contributed by atoms with Crippen LogP contribution >= 0.6 is 0 Å². The Labute approximate surface area is 187 Å². The van der Waals surface area contributed by atoms with Gasteiger partial charge < -0.3 is 10.8 Å². The van der Waals surface area contributed by atoms with Crippen molar-refractivity contribution in [2.24, 2.45) is 10.2 Å². The Morgan fingerprint density at radius 1 is 1.03 bits per heavy atom. The lowest BCUT2D eigenvalue weighted by Crippen LogP contribution is -2.28. The summed E-state index contributed by atoms with van der Waals surface area (Å²) in [7, 11) is -4.10. The number of para-hydroxylation sites is 1. The Balaban J connectivity index is 1.79. The van der Waals surface area contributed by atoms with E-state index in [1.807, 2.05) is 0 Å². The van der Waals surface area contributed by atoms with Gasteiger partial charge in [-0.2, -0.15) is 22.2 Å². The second-order valence-corrected chi connectivity index (χ2v) is 9.20. The molecule has 1 aliphatic heterocycles. The lowest BCUT2D eigenvalue weighted by Gasteiger charge is -2.17. The summed E-state index contributed by atoms with van der Waals surface area (Å²) in [6, 6.07) is 10.6. The van der Waals surface area contributed by atoms with Gasteiger partial charge in [0.1, 0.15) is 10.6 Å². The lowest BCUT2D eigenvalue weighted by atomic mass is 10.2. The summed E-state index contributed by atoms with van der Waals surface area (Å²) >= 11 is 0. The van der Waals surface area contributed by atoms with Gasteiger partial charge in [0.05, 0.1) is 11.3 Å². The second-order valence-electron chi connectivity index (χ2n) is 7.30. The van der Waals surface area contributed by atoms with E-state index in [4.69, 9.17) is 5.73 Å². The monoisotopic (exact) mass is 480 g/mol. The van der Waals surface area contributed by atoms with Gasteiger partial charge >= 0.3 is 6.18 Å². The average molecular weight is 480 g/mol. The van der Waals surface area contributed by atoms with Crippen LogP contribution in [0.1, 0.15) is 18.4 Å². The minimum Gasteiger partial charge on any atom is -0.492 e. The fourth-order valence-electron chi connectivity index (χ4n) is 3.42. The molecular formula is C20H19F3N6O3S. The summed E-state index contributed by atoms with van der Waals surface area (Å²) in [4.78, 5) is -0.422. The standard InChI is InChI=1S/C20H19F3N6O3S/c21-20(22,23)13-8-9-16(33(31,32)28-10-4-5-11-28)15(12-13)25-26-17-18(24)27-29(19(17)30)14-6-2-1-3-7-14/h1-3,6-9,12,30H,4-5,10-11H2,(H2,24,27)/b26-25+. The predicted octanol–water partition coefficient (Wildman–Crippen LogP) is 4.38. The fourth-order valence-corrected chi connectivity index (χ4v) is 5.05. The van der Waals surface area contributed by atoms with Crippen molar-refractivity contribution in [3.05, 3.63) is 54.1 Å². The third kappa shape index (κ3) is 4.41. The third-order valence-corrected chi connectivity index (χ3v) is 7.04. The number of rotatable bonds is 5. The maximum atomic E-state index is 13.3. The van der Waals surface area contributed by atoms with Crippen LogP contribution in [0.5, 0.6) is 5.88 Å². The van der Waals surface area contributed by atoms with E-state index in [0.29, 0.717) is 30.7 Å². The molecule has 9 nitrogen and oxygen atoms in total. The summed E-state index contributed by atoms with van der Waals surface area (Å²) in [5.74, 6) is -0.741. The van der Waals surface area contributed by atoms with E-state index in [1.165, 1.54) is 4.31 Å². The summed E-state index contributed by atoms with van der Waals surface area (Å²) in [5.41, 5.74) is 4.35. The zero-order valence-electron chi connectivity index (χ0n) is 17.1. The Hall–Kier alpha value is -3.45. The molecule has 4 rings (SSSR count). The first-order chi connectivity index (χ1) is 15.6. The average Bonchev–Trinajstić information content (AvgIpc) is 3.41. The van der Waals surface area contributed by atoms with Crippen LogP contribution in [0.4, 0.5) is 30.4 Å². The number of azo groups is 1. The number of anilines is 1. The number of nitrogens with zero attached hydrogens (tertiary/aromatic N) is 5. The van der Waals surface area contributed by atoms with E-state index in [0.717, 1.165) is 10.7 Å². The molecule has 1 saturated heterocycles. The molecule has 0 unspecified atom stereocenters. The molecular weight excluding hydrogens is 461 g/mol. The molecule has 0 aliphatic carbocycles. The molecule has 2 heterocycles. The molecule has 3 N–H and O–H groups in total. The number of nitrogen functional groups attached to an aromatic ring is 1. The number of sulfonamides is 1. The summed E-state index contributed by atoms with van der Waals surface area (Å²) in [5, 5.41) is 22.0. The molecule has 0 atom stereocenters. The van der Waals surface area contributed by atoms with Crippen LogP contribution < -0.4 is 5.73 Å². The van der Waals surface area contributed by atoms with E-state index in [2.05, 4.69) is 15.3 Å². The van der Waals surface area contributed by atoms with Crippen LogP contribution in [0, 0.1) is 0 Å². The van der Waals surface area contributed by atoms with Crippen molar-refractivity contribution >= 4 is 27.2 Å². The second kappa shape index (κ2) is 8.48. The van der Waals surface area contributed by atoms with Crippen LogP contribution in [0.2, 0.25) is 0 Å². The largest absolute Gasteiger partial charge is 0.492 e. The maximum Gasteiger partial charge on any atom is 0.416 e. The van der Waals surface area contributed by atoms with Crippen LogP contribution in [-0.4, -0.2) is 40.7 Å². The SMILES string of the molecule is Nc1nn(-c2ccccc2)c(O)c1/N=N/c1cc(C(F)(F)F)ccc1S(=O)(=O)N1CCCC1. The van der Waals surface area contributed by atoms with Crippen molar-refractivity contribution in [2.75, 3.05) is 18.8 Å². The third-order valence-electron chi connectivity index (χ3n) is 5.09. The first kappa shape index (κ1) is 22.7. The molecule has 0 bridgehead atoms. The molecule has 174 valence electrons. The van der Waals surface area contributed by atoms with Gasteiger partial charge in [-0.25, -0.2) is 8.42 Å². The number of aromatic hydroxyl groups is 1. The first-order valence-corrected chi connectivity index (χ1v) is 11.3. The highest BCUT2D eigenvalue weighted by molar-refractivity contribution is 7.89. The van der Waals surface area contributed by atoms with Gasteiger partial charge in [-0.15, -0.1) is 15.3 Å². The molecule has 1 fully saturated rings. The van der Waals surface area contributed by atoms with Crippen molar-refractivity contribution < 1.29 is 26.7 Å². The Morgan fingerprint density at radius 3 is 2.33 bits per heavy atom. The van der Waals surface area contributed by atoms with Gasteiger partial charge in [-0.1, -0.05) is 18.2 Å². The van der Waals surface area contributed by atoms with Gasteiger partial charge in [-0.05, 0) is 43.2 Å². The summed E-state index contributed by atoms with van der Waals surface area (Å²) in [6.07, 6.45) is -3.42. The first-order valence-electron chi connectivity index (χ1n) is 9.85. The topological polar surface area (TPSA) is 126 Å². The molecule has 0 spiro atoms. The van der Waals surface area contributed by atoms with Crippen molar-refractivity contribution in [3.63, 3.8) is 0 Å². The number of alkyl halides is 3. The van der Waals surface area contributed by atoms with Gasteiger partial charge in [0.2, 0.25) is 15.9 Å². The minimum atomic E-state index is -4.72. The molecule has 33 heavy (non-hydrogen) atoms. The minimum absolute atomic E-state index is 0.240. The molecule has 1 aromatic heterocycles. The van der Waals surface area contributed by atoms with Gasteiger partial charge in [0.15, 0.2) is 11.5 Å². The maximum absolute atomic E-state index is 13.3. The van der Waals surface area contributed by atoms with Crippen molar-refractivity contribution in [2.45, 2.75) is 23.9 Å². The highest BCUT2D eigenvalue weighted by Gasteiger charge is 2.34. The summed E-state index contributed by atoms with van der Waals surface area (Å²) < 4.78 is 68.1. The molecule has 1 aliphatic rings. The van der Waals surface area contributed by atoms with E-state index in [-0.39, 0.29) is 24.6 Å². The van der Waals surface area contributed by atoms with Crippen molar-refractivity contribution in [1.29, 1.82) is 0 Å². The number of benzene rings is 2. The number of hydrogen-bond donors (Lipinski definition) is 2. The molecule has 2 aromatic carbocycles. The predicted molar refractivity (Wildman–Crippen MR) is 113 cm³/mol. The normalized spacial score (nSPS) is 15.5. The van der Waals surface area contributed by atoms with Crippen molar-refractivity contribution in [3.8, 4) is 11.6 Å². The van der Waals surface area contributed by atoms with Crippen molar-refractivity contribution in [1.82, 2.24) is 14.1 Å². The van der Waals surface area contributed by atoms with Gasteiger partial charge in [0.25, 0.3) is 0 Å². The molecule has 13 heteroatoms. The number of aromatic nitrogens is 2. The number of hydrogen-bond acceptors (Lipinski definition) is 7. The smallest absolute Gasteiger partial charge is 0.416 e. The van der Waals surface area contributed by atoms with E-state index in [1.54, 1.807) is 30.3 Å². The van der Waals surface area contributed by atoms with Gasteiger partial charge in [-0.3, -0.25) is 0 Å². The Bertz CT molecular complexity index is 1300. The highest BCUT2D eigenvalue weighted by Crippen LogP contribution is 2.39. The van der Waals surface area contributed by atoms with Crippen LogP contribution in [0.15, 0.2) is 63.7 Å². The number of nitrogens with two attached hydrogens (primary N) is 1. The molecule has 3 aromatic rings. The molecule has 0 radical (unpaired) electrons. The zero-order valence-corrected chi connectivity index (χ0v) is 17.9. The summed E-state index contributed by atoms with van der Waals surface area (Å²) in [6.45, 7) is 0.523.